The molecule has 32 heavy (non-hydrogen) atoms. The fourth-order valence-electron chi connectivity index (χ4n) is 4.12. The first-order valence-corrected chi connectivity index (χ1v) is 12.5. The van der Waals surface area contributed by atoms with Crippen LogP contribution in [-0.4, -0.2) is 14.3 Å². The molecular formula is C26H28N2O3S. The lowest BCUT2D eigenvalue weighted by molar-refractivity contribution is -0.121. The molecular weight excluding hydrogens is 420 g/mol. The Balaban J connectivity index is 1.30. The first kappa shape index (κ1) is 22.2. The van der Waals surface area contributed by atoms with Crippen molar-refractivity contribution in [2.45, 2.75) is 49.6 Å². The van der Waals surface area contributed by atoms with Crippen LogP contribution in [0.25, 0.3) is 0 Å². The second kappa shape index (κ2) is 10.1. The predicted molar refractivity (Wildman–Crippen MR) is 125 cm³/mol. The topological polar surface area (TPSA) is 75.3 Å². The van der Waals surface area contributed by atoms with Crippen LogP contribution in [0.2, 0.25) is 0 Å². The largest absolute Gasteiger partial charge is 0.349 e. The molecule has 0 spiro atoms. The Morgan fingerprint density at radius 1 is 0.875 bits per heavy atom. The van der Waals surface area contributed by atoms with Gasteiger partial charge in [0.2, 0.25) is 15.9 Å². The number of nitrogens with one attached hydrogen (secondary N) is 2. The van der Waals surface area contributed by atoms with Gasteiger partial charge in [0, 0.05) is 13.0 Å². The molecule has 6 heteroatoms. The zero-order valence-electron chi connectivity index (χ0n) is 18.0. The van der Waals surface area contributed by atoms with Crippen molar-refractivity contribution >= 4 is 15.9 Å². The van der Waals surface area contributed by atoms with E-state index < -0.39 is 10.0 Å². The van der Waals surface area contributed by atoms with Crippen LogP contribution in [0.5, 0.6) is 0 Å². The molecule has 166 valence electrons. The monoisotopic (exact) mass is 448 g/mol. The maximum Gasteiger partial charge on any atom is 0.240 e. The van der Waals surface area contributed by atoms with E-state index in [-0.39, 0.29) is 23.4 Å². The number of fused-ring (bicyclic) bond motifs is 1. The molecule has 0 bridgehead atoms. The van der Waals surface area contributed by atoms with Crippen LogP contribution >= 0.6 is 0 Å². The highest BCUT2D eigenvalue weighted by Gasteiger charge is 2.21. The van der Waals surface area contributed by atoms with E-state index >= 15 is 0 Å². The number of hydrogen-bond acceptors (Lipinski definition) is 3. The summed E-state index contributed by atoms with van der Waals surface area (Å²) in [7, 11) is -3.58. The van der Waals surface area contributed by atoms with Crippen molar-refractivity contribution in [2.75, 3.05) is 0 Å². The highest BCUT2D eigenvalue weighted by atomic mass is 32.2. The van der Waals surface area contributed by atoms with Gasteiger partial charge in [0.05, 0.1) is 10.9 Å². The summed E-state index contributed by atoms with van der Waals surface area (Å²) in [5.74, 6) is 0.0212. The van der Waals surface area contributed by atoms with Gasteiger partial charge < -0.3 is 5.32 Å². The third-order valence-electron chi connectivity index (χ3n) is 5.89. The lowest BCUT2D eigenvalue weighted by Gasteiger charge is -2.26. The fourth-order valence-corrected chi connectivity index (χ4v) is 5.14. The third-order valence-corrected chi connectivity index (χ3v) is 7.31. The fraction of sp³-hybridized carbons (Fsp3) is 0.269. The van der Waals surface area contributed by atoms with Crippen LogP contribution in [0.15, 0.2) is 83.8 Å². The molecule has 5 nitrogen and oxygen atoms in total. The van der Waals surface area contributed by atoms with E-state index in [9.17, 15) is 13.2 Å². The number of benzene rings is 3. The Kier molecular flexibility index (Phi) is 7.02. The number of hydrogen-bond donors (Lipinski definition) is 2. The van der Waals surface area contributed by atoms with Crippen molar-refractivity contribution in [2.24, 2.45) is 0 Å². The number of carbonyl (C=O) groups excluding carboxylic acids is 1. The number of amides is 1. The van der Waals surface area contributed by atoms with Gasteiger partial charge in [-0.3, -0.25) is 4.79 Å². The highest BCUT2D eigenvalue weighted by Crippen LogP contribution is 2.29. The second-order valence-electron chi connectivity index (χ2n) is 8.17. The van der Waals surface area contributed by atoms with Crippen molar-refractivity contribution in [1.29, 1.82) is 0 Å². The van der Waals surface area contributed by atoms with E-state index in [1.807, 2.05) is 42.5 Å². The minimum atomic E-state index is -3.58. The van der Waals surface area contributed by atoms with Crippen LogP contribution in [0.3, 0.4) is 0 Å². The molecule has 0 radical (unpaired) electrons. The van der Waals surface area contributed by atoms with Crippen molar-refractivity contribution in [1.82, 2.24) is 10.0 Å². The summed E-state index contributed by atoms with van der Waals surface area (Å²) < 4.78 is 27.7. The van der Waals surface area contributed by atoms with Gasteiger partial charge in [-0.25, -0.2) is 13.1 Å². The molecule has 4 rings (SSSR count). The average molecular weight is 449 g/mol. The van der Waals surface area contributed by atoms with Gasteiger partial charge in [-0.15, -0.1) is 0 Å². The summed E-state index contributed by atoms with van der Waals surface area (Å²) in [6, 6.07) is 24.5. The summed E-state index contributed by atoms with van der Waals surface area (Å²) >= 11 is 0. The lowest BCUT2D eigenvalue weighted by Crippen LogP contribution is -2.31. The molecule has 0 aliphatic heterocycles. The molecule has 0 saturated carbocycles. The Hall–Kier alpha value is -2.96. The minimum absolute atomic E-state index is 0.0212. The molecule has 2 N–H and O–H groups in total. The molecule has 0 fully saturated rings. The van der Waals surface area contributed by atoms with Crippen LogP contribution < -0.4 is 10.0 Å². The molecule has 0 unspecified atom stereocenters. The Morgan fingerprint density at radius 3 is 2.38 bits per heavy atom. The number of carbonyl (C=O) groups is 1. The number of rotatable bonds is 8. The summed E-state index contributed by atoms with van der Waals surface area (Å²) in [6.07, 6.45) is 4.05. The molecule has 1 atom stereocenters. The van der Waals surface area contributed by atoms with Gasteiger partial charge in [0.25, 0.3) is 0 Å². The summed E-state index contributed by atoms with van der Waals surface area (Å²) in [4.78, 5) is 12.7. The van der Waals surface area contributed by atoms with E-state index in [1.165, 1.54) is 11.1 Å². The van der Waals surface area contributed by atoms with Crippen molar-refractivity contribution in [3.8, 4) is 0 Å². The van der Waals surface area contributed by atoms with Gasteiger partial charge in [0.15, 0.2) is 0 Å². The van der Waals surface area contributed by atoms with E-state index in [1.54, 1.807) is 24.3 Å². The molecule has 3 aromatic carbocycles. The highest BCUT2D eigenvalue weighted by molar-refractivity contribution is 7.89. The Labute approximate surface area is 189 Å². The number of aryl methyl sites for hydroxylation is 2. The minimum Gasteiger partial charge on any atom is -0.349 e. The van der Waals surface area contributed by atoms with Crippen LogP contribution in [0.4, 0.5) is 0 Å². The quantitative estimate of drug-likeness (QED) is 0.540. The zero-order valence-corrected chi connectivity index (χ0v) is 18.8. The second-order valence-corrected chi connectivity index (χ2v) is 9.93. The predicted octanol–water partition coefficient (Wildman–Crippen LogP) is 4.29. The third kappa shape index (κ3) is 5.64. The normalized spacial score (nSPS) is 15.7. The van der Waals surface area contributed by atoms with Crippen molar-refractivity contribution in [3.63, 3.8) is 0 Å². The molecule has 1 aliphatic carbocycles. The molecule has 0 heterocycles. The van der Waals surface area contributed by atoms with Gasteiger partial charge in [-0.05, 0) is 60.1 Å². The van der Waals surface area contributed by atoms with E-state index in [0.717, 1.165) is 30.4 Å². The summed E-state index contributed by atoms with van der Waals surface area (Å²) in [5.41, 5.74) is 4.39. The summed E-state index contributed by atoms with van der Waals surface area (Å²) in [5, 5.41) is 3.17. The average Bonchev–Trinajstić information content (AvgIpc) is 2.83. The Bertz CT molecular complexity index is 1160. The standard InChI is InChI=1S/C26H28N2O3S/c29-26(28-25-12-6-10-22-9-4-5-11-24(22)25)18-15-20-13-16-23(17-14-20)32(30,31)27-19-21-7-2-1-3-8-21/h1-5,7-9,11,13-14,16-17,25,27H,6,10,12,15,18-19H2,(H,28,29)/t25-/m1/s1. The molecule has 3 aromatic rings. The summed E-state index contributed by atoms with van der Waals surface area (Å²) in [6.45, 7) is 0.245. The van der Waals surface area contributed by atoms with Gasteiger partial charge in [-0.2, -0.15) is 0 Å². The first-order chi connectivity index (χ1) is 15.5. The maximum atomic E-state index is 12.5. The van der Waals surface area contributed by atoms with Gasteiger partial charge >= 0.3 is 0 Å². The first-order valence-electron chi connectivity index (χ1n) is 11.0. The molecule has 0 aromatic heterocycles. The van der Waals surface area contributed by atoms with E-state index in [0.29, 0.717) is 12.8 Å². The maximum absolute atomic E-state index is 12.5. The molecule has 1 aliphatic rings. The van der Waals surface area contributed by atoms with Gasteiger partial charge in [0.1, 0.15) is 0 Å². The SMILES string of the molecule is O=C(CCc1ccc(S(=O)(=O)NCc2ccccc2)cc1)N[C@@H]1CCCc2ccccc21. The van der Waals surface area contributed by atoms with E-state index in [4.69, 9.17) is 0 Å². The lowest BCUT2D eigenvalue weighted by atomic mass is 9.87. The Morgan fingerprint density at radius 2 is 1.59 bits per heavy atom. The van der Waals surface area contributed by atoms with Crippen molar-refractivity contribution in [3.05, 3.63) is 101 Å². The molecule has 0 saturated heterocycles. The van der Waals surface area contributed by atoms with Crippen molar-refractivity contribution < 1.29 is 13.2 Å². The van der Waals surface area contributed by atoms with Crippen LogP contribution in [0, 0.1) is 0 Å². The number of sulfonamides is 1. The van der Waals surface area contributed by atoms with Crippen LogP contribution in [-0.2, 0) is 34.2 Å². The zero-order chi connectivity index (χ0) is 22.4. The molecule has 1 amide bonds. The smallest absolute Gasteiger partial charge is 0.240 e. The van der Waals surface area contributed by atoms with Crippen LogP contribution in [0.1, 0.15) is 47.6 Å². The van der Waals surface area contributed by atoms with E-state index in [2.05, 4.69) is 22.2 Å². The van der Waals surface area contributed by atoms with Gasteiger partial charge in [-0.1, -0.05) is 66.7 Å².